The highest BCUT2D eigenvalue weighted by atomic mass is 19.1. The van der Waals surface area contributed by atoms with Crippen LogP contribution in [0.5, 0.6) is 0 Å². The van der Waals surface area contributed by atoms with E-state index in [9.17, 15) is 14.5 Å². The van der Waals surface area contributed by atoms with Crippen molar-refractivity contribution in [1.29, 1.82) is 0 Å². The van der Waals surface area contributed by atoms with Gasteiger partial charge in [-0.1, -0.05) is 12.1 Å². The summed E-state index contributed by atoms with van der Waals surface area (Å²) in [6.45, 7) is 0. The van der Waals surface area contributed by atoms with E-state index in [1.165, 1.54) is 18.2 Å². The van der Waals surface area contributed by atoms with Crippen molar-refractivity contribution in [3.8, 4) is 11.3 Å². The standard InChI is InChI=1S/C11H9FN4O2/c1-13-11-14-6-9(16(17)18)10(15-11)7-4-2-3-5-8(7)12/h2-6H,1H3,(H,13,14,15). The molecule has 1 N–H and O–H groups in total. The molecule has 0 unspecified atom stereocenters. The van der Waals surface area contributed by atoms with Gasteiger partial charge in [0.1, 0.15) is 12.0 Å². The molecule has 1 heterocycles. The number of nitrogens with zero attached hydrogens (tertiary/aromatic N) is 3. The van der Waals surface area contributed by atoms with Crippen molar-refractivity contribution in [3.63, 3.8) is 0 Å². The third-order valence-electron chi connectivity index (χ3n) is 2.32. The zero-order valence-corrected chi connectivity index (χ0v) is 9.42. The van der Waals surface area contributed by atoms with Gasteiger partial charge < -0.3 is 5.32 Å². The largest absolute Gasteiger partial charge is 0.357 e. The van der Waals surface area contributed by atoms with Crippen LogP contribution in [0.25, 0.3) is 11.3 Å². The van der Waals surface area contributed by atoms with Gasteiger partial charge in [0.05, 0.1) is 4.92 Å². The Kier molecular flexibility index (Phi) is 3.13. The van der Waals surface area contributed by atoms with Gasteiger partial charge in [-0.3, -0.25) is 10.1 Å². The minimum absolute atomic E-state index is 0.0440. The molecule has 18 heavy (non-hydrogen) atoms. The van der Waals surface area contributed by atoms with Crippen LogP contribution in [0.15, 0.2) is 30.5 Å². The normalized spacial score (nSPS) is 10.1. The van der Waals surface area contributed by atoms with E-state index in [1.807, 2.05) is 0 Å². The monoisotopic (exact) mass is 248 g/mol. The predicted octanol–water partition coefficient (Wildman–Crippen LogP) is 2.23. The lowest BCUT2D eigenvalue weighted by molar-refractivity contribution is -0.384. The molecule has 0 atom stereocenters. The highest BCUT2D eigenvalue weighted by Crippen LogP contribution is 2.29. The first-order valence-corrected chi connectivity index (χ1v) is 5.07. The smallest absolute Gasteiger partial charge is 0.313 e. The van der Waals surface area contributed by atoms with E-state index in [2.05, 4.69) is 15.3 Å². The van der Waals surface area contributed by atoms with Gasteiger partial charge in [-0.05, 0) is 12.1 Å². The SMILES string of the molecule is CNc1ncc([N+](=O)[O-])c(-c2ccccc2F)n1. The third-order valence-corrected chi connectivity index (χ3v) is 2.32. The van der Waals surface area contributed by atoms with Gasteiger partial charge in [-0.25, -0.2) is 14.4 Å². The summed E-state index contributed by atoms with van der Waals surface area (Å²) in [5, 5.41) is 13.5. The zero-order valence-electron chi connectivity index (χ0n) is 9.42. The second kappa shape index (κ2) is 4.74. The Morgan fingerprint density at radius 2 is 2.11 bits per heavy atom. The minimum atomic E-state index is -0.638. The first kappa shape index (κ1) is 11.9. The quantitative estimate of drug-likeness (QED) is 0.665. The summed E-state index contributed by atoms with van der Waals surface area (Å²) in [4.78, 5) is 17.9. The molecule has 7 heteroatoms. The number of hydrogen-bond donors (Lipinski definition) is 1. The third kappa shape index (κ3) is 2.10. The lowest BCUT2D eigenvalue weighted by Crippen LogP contribution is -2.02. The summed E-state index contributed by atoms with van der Waals surface area (Å²) >= 11 is 0. The molecule has 0 radical (unpaired) electrons. The first-order valence-electron chi connectivity index (χ1n) is 5.07. The molecule has 1 aromatic heterocycles. The zero-order chi connectivity index (χ0) is 13.1. The maximum absolute atomic E-state index is 13.7. The van der Waals surface area contributed by atoms with Gasteiger partial charge in [-0.2, -0.15) is 0 Å². The second-order valence-electron chi connectivity index (χ2n) is 3.41. The number of nitrogens with one attached hydrogen (secondary N) is 1. The second-order valence-corrected chi connectivity index (χ2v) is 3.41. The average Bonchev–Trinajstić information content (AvgIpc) is 2.38. The van der Waals surface area contributed by atoms with Crippen molar-refractivity contribution in [2.75, 3.05) is 12.4 Å². The number of halogens is 1. The molecule has 2 aromatic rings. The van der Waals surface area contributed by atoms with E-state index < -0.39 is 10.7 Å². The lowest BCUT2D eigenvalue weighted by Gasteiger charge is -2.05. The summed E-state index contributed by atoms with van der Waals surface area (Å²) in [7, 11) is 1.58. The molecule has 0 bridgehead atoms. The fraction of sp³-hybridized carbons (Fsp3) is 0.0909. The van der Waals surface area contributed by atoms with Crippen LogP contribution in [0, 0.1) is 15.9 Å². The Bertz CT molecular complexity index is 603. The van der Waals surface area contributed by atoms with Crippen molar-refractivity contribution in [2.24, 2.45) is 0 Å². The molecule has 2 rings (SSSR count). The van der Waals surface area contributed by atoms with Crippen LogP contribution in [0.3, 0.4) is 0 Å². The summed E-state index contributed by atoms with van der Waals surface area (Å²) in [5.74, 6) is -0.375. The maximum atomic E-state index is 13.7. The average molecular weight is 248 g/mol. The molecule has 92 valence electrons. The summed E-state index contributed by atoms with van der Waals surface area (Å²) in [6, 6.07) is 5.75. The fourth-order valence-corrected chi connectivity index (χ4v) is 1.48. The maximum Gasteiger partial charge on any atom is 0.313 e. The van der Waals surface area contributed by atoms with E-state index >= 15 is 0 Å². The van der Waals surface area contributed by atoms with E-state index in [1.54, 1.807) is 13.1 Å². The number of benzene rings is 1. The summed E-state index contributed by atoms with van der Waals surface area (Å²) in [5.41, 5.74) is -0.306. The Labute approximate surface area is 102 Å². The molecule has 0 saturated heterocycles. The van der Waals surface area contributed by atoms with E-state index in [-0.39, 0.29) is 22.9 Å². The topological polar surface area (TPSA) is 81.0 Å². The Hall–Kier alpha value is -2.57. The van der Waals surface area contributed by atoms with E-state index in [0.717, 1.165) is 6.20 Å². The Morgan fingerprint density at radius 1 is 1.39 bits per heavy atom. The van der Waals surface area contributed by atoms with Gasteiger partial charge in [-0.15, -0.1) is 0 Å². The van der Waals surface area contributed by atoms with Crippen molar-refractivity contribution in [2.45, 2.75) is 0 Å². The molecule has 1 aromatic carbocycles. The van der Waals surface area contributed by atoms with Crippen LogP contribution in [-0.2, 0) is 0 Å². The van der Waals surface area contributed by atoms with Crippen molar-refractivity contribution in [3.05, 3.63) is 46.4 Å². The molecule has 0 spiro atoms. The molecule has 6 nitrogen and oxygen atoms in total. The molecule has 0 saturated carbocycles. The van der Waals surface area contributed by atoms with Gasteiger partial charge in [0.25, 0.3) is 0 Å². The molecule has 0 aliphatic rings. The number of aromatic nitrogens is 2. The minimum Gasteiger partial charge on any atom is -0.357 e. The van der Waals surface area contributed by atoms with Crippen LogP contribution < -0.4 is 5.32 Å². The Morgan fingerprint density at radius 3 is 2.72 bits per heavy atom. The molecule has 0 fully saturated rings. The van der Waals surface area contributed by atoms with Crippen LogP contribution in [0.4, 0.5) is 16.0 Å². The molecule has 0 aliphatic heterocycles. The van der Waals surface area contributed by atoms with Crippen LogP contribution in [-0.4, -0.2) is 21.9 Å². The van der Waals surface area contributed by atoms with Crippen molar-refractivity contribution >= 4 is 11.6 Å². The van der Waals surface area contributed by atoms with Crippen molar-refractivity contribution < 1.29 is 9.31 Å². The van der Waals surface area contributed by atoms with Crippen LogP contribution in [0.2, 0.25) is 0 Å². The van der Waals surface area contributed by atoms with E-state index in [4.69, 9.17) is 0 Å². The number of hydrogen-bond acceptors (Lipinski definition) is 5. The summed E-state index contributed by atoms with van der Waals surface area (Å²) < 4.78 is 13.7. The Balaban J connectivity index is 2.68. The highest BCUT2D eigenvalue weighted by molar-refractivity contribution is 5.70. The van der Waals surface area contributed by atoms with Crippen LogP contribution >= 0.6 is 0 Å². The van der Waals surface area contributed by atoms with Crippen molar-refractivity contribution in [1.82, 2.24) is 9.97 Å². The number of rotatable bonds is 3. The fourth-order valence-electron chi connectivity index (χ4n) is 1.48. The van der Waals surface area contributed by atoms with Gasteiger partial charge in [0, 0.05) is 12.6 Å². The molecular weight excluding hydrogens is 239 g/mol. The summed E-state index contributed by atoms with van der Waals surface area (Å²) in [6.07, 6.45) is 1.06. The van der Waals surface area contributed by atoms with Gasteiger partial charge in [0.15, 0.2) is 5.69 Å². The van der Waals surface area contributed by atoms with Gasteiger partial charge in [0.2, 0.25) is 5.95 Å². The molecular formula is C11H9FN4O2. The highest BCUT2D eigenvalue weighted by Gasteiger charge is 2.20. The van der Waals surface area contributed by atoms with E-state index in [0.29, 0.717) is 0 Å². The predicted molar refractivity (Wildman–Crippen MR) is 63.6 cm³/mol. The lowest BCUT2D eigenvalue weighted by atomic mass is 10.1. The molecule has 0 aliphatic carbocycles. The molecule has 0 amide bonds. The number of nitro groups is 1. The first-order chi connectivity index (χ1) is 8.63. The van der Waals surface area contributed by atoms with Gasteiger partial charge >= 0.3 is 5.69 Å². The van der Waals surface area contributed by atoms with Crippen LogP contribution in [0.1, 0.15) is 0 Å². The number of anilines is 1.